The third kappa shape index (κ3) is 1.78. The number of fused-ring (bicyclic) bond motifs is 1. The van der Waals surface area contributed by atoms with Crippen LogP contribution in [-0.2, 0) is 0 Å². The molecule has 1 aromatic heterocycles. The molecular weight excluding hydrogens is 212 g/mol. The van der Waals surface area contributed by atoms with E-state index in [1.165, 1.54) is 6.42 Å². The monoisotopic (exact) mass is 226 g/mol. The Morgan fingerprint density at radius 1 is 1.29 bits per heavy atom. The van der Waals surface area contributed by atoms with Crippen LogP contribution in [0.3, 0.4) is 0 Å². The standard InChI is InChI=1S/C14H14N2O/c17-14-12-8-4-5-9-13(12)16(10-15-14)11-6-2-1-3-7-11/h2,4-6,8-11H,1,3,7H2/t11-/m1/s1. The molecule has 1 aliphatic rings. The summed E-state index contributed by atoms with van der Waals surface area (Å²) < 4.78 is 2.10. The van der Waals surface area contributed by atoms with Gasteiger partial charge in [-0.2, -0.15) is 4.98 Å². The van der Waals surface area contributed by atoms with Crippen LogP contribution < -0.4 is 5.56 Å². The summed E-state index contributed by atoms with van der Waals surface area (Å²) in [5, 5.41) is 0.703. The highest BCUT2D eigenvalue weighted by atomic mass is 16.1. The fourth-order valence-corrected chi connectivity index (χ4v) is 2.42. The molecule has 3 heteroatoms. The quantitative estimate of drug-likeness (QED) is 0.701. The zero-order valence-electron chi connectivity index (χ0n) is 9.54. The Kier molecular flexibility index (Phi) is 2.52. The Morgan fingerprint density at radius 2 is 2.18 bits per heavy atom. The molecule has 3 nitrogen and oxygen atoms in total. The van der Waals surface area contributed by atoms with Gasteiger partial charge in [-0.25, -0.2) is 0 Å². The largest absolute Gasteiger partial charge is 0.325 e. The third-order valence-electron chi connectivity index (χ3n) is 3.30. The summed E-state index contributed by atoms with van der Waals surface area (Å²) in [6, 6.07) is 8.01. The molecule has 0 spiro atoms. The van der Waals surface area contributed by atoms with E-state index in [9.17, 15) is 4.79 Å². The zero-order valence-corrected chi connectivity index (χ0v) is 9.54. The molecule has 0 saturated heterocycles. The SMILES string of the molecule is O=c1ncn([C@@H]2C=CCCC2)c2ccccc12. The number of allylic oxidation sites excluding steroid dienone is 2. The van der Waals surface area contributed by atoms with Crippen LogP contribution in [0.25, 0.3) is 10.9 Å². The van der Waals surface area contributed by atoms with Crippen LogP contribution in [0, 0.1) is 0 Å². The molecular formula is C14H14N2O. The molecule has 0 fully saturated rings. The second kappa shape index (κ2) is 4.17. The molecule has 17 heavy (non-hydrogen) atoms. The fraction of sp³-hybridized carbons (Fsp3) is 0.286. The van der Waals surface area contributed by atoms with Gasteiger partial charge in [0.25, 0.3) is 5.56 Å². The van der Waals surface area contributed by atoms with Crippen LogP contribution in [0.1, 0.15) is 25.3 Å². The zero-order chi connectivity index (χ0) is 11.7. The minimum Gasteiger partial charge on any atom is -0.325 e. The molecule has 0 bridgehead atoms. The van der Waals surface area contributed by atoms with Crippen LogP contribution in [0.4, 0.5) is 0 Å². The summed E-state index contributed by atoms with van der Waals surface area (Å²) >= 11 is 0. The molecule has 2 aromatic rings. The molecule has 86 valence electrons. The number of rotatable bonds is 1. The van der Waals surface area contributed by atoms with Crippen LogP contribution >= 0.6 is 0 Å². The Hall–Kier alpha value is -1.90. The lowest BCUT2D eigenvalue weighted by molar-refractivity contribution is 0.522. The van der Waals surface area contributed by atoms with Crippen molar-refractivity contribution in [1.29, 1.82) is 0 Å². The van der Waals surface area contributed by atoms with Gasteiger partial charge in [0.05, 0.1) is 23.3 Å². The number of para-hydroxylation sites is 1. The van der Waals surface area contributed by atoms with E-state index in [0.29, 0.717) is 11.4 Å². The van der Waals surface area contributed by atoms with Gasteiger partial charge < -0.3 is 4.57 Å². The molecule has 0 saturated carbocycles. The molecule has 0 aliphatic heterocycles. The van der Waals surface area contributed by atoms with E-state index >= 15 is 0 Å². The summed E-state index contributed by atoms with van der Waals surface area (Å²) in [7, 11) is 0. The van der Waals surface area contributed by atoms with Gasteiger partial charge >= 0.3 is 0 Å². The lowest BCUT2D eigenvalue weighted by Crippen LogP contribution is -2.16. The lowest BCUT2D eigenvalue weighted by atomic mass is 10.0. The van der Waals surface area contributed by atoms with Crippen molar-refractivity contribution in [1.82, 2.24) is 9.55 Å². The van der Waals surface area contributed by atoms with Gasteiger partial charge in [0.2, 0.25) is 0 Å². The van der Waals surface area contributed by atoms with Crippen molar-refractivity contribution in [3.63, 3.8) is 0 Å². The number of nitrogens with zero attached hydrogens (tertiary/aromatic N) is 2. The van der Waals surface area contributed by atoms with Gasteiger partial charge in [-0.15, -0.1) is 0 Å². The van der Waals surface area contributed by atoms with E-state index in [1.807, 2.05) is 24.3 Å². The van der Waals surface area contributed by atoms with E-state index in [2.05, 4.69) is 21.7 Å². The van der Waals surface area contributed by atoms with Crippen molar-refractivity contribution in [3.8, 4) is 0 Å². The lowest BCUT2D eigenvalue weighted by Gasteiger charge is -2.21. The van der Waals surface area contributed by atoms with Crippen LogP contribution in [0.15, 0.2) is 47.5 Å². The van der Waals surface area contributed by atoms with Crippen molar-refractivity contribution < 1.29 is 0 Å². The molecule has 1 heterocycles. The van der Waals surface area contributed by atoms with Crippen molar-refractivity contribution >= 4 is 10.9 Å². The van der Waals surface area contributed by atoms with Gasteiger partial charge in [0.1, 0.15) is 0 Å². The predicted octanol–water partition coefficient (Wildman–Crippen LogP) is 2.68. The third-order valence-corrected chi connectivity index (χ3v) is 3.30. The van der Waals surface area contributed by atoms with E-state index in [0.717, 1.165) is 18.4 Å². The highest BCUT2D eigenvalue weighted by molar-refractivity contribution is 5.77. The second-order valence-electron chi connectivity index (χ2n) is 4.40. The van der Waals surface area contributed by atoms with Crippen molar-refractivity contribution in [2.24, 2.45) is 0 Å². The Balaban J connectivity index is 2.23. The normalized spacial score (nSPS) is 19.6. The van der Waals surface area contributed by atoms with Crippen LogP contribution in [-0.4, -0.2) is 9.55 Å². The second-order valence-corrected chi connectivity index (χ2v) is 4.40. The topological polar surface area (TPSA) is 34.9 Å². The highest BCUT2D eigenvalue weighted by Gasteiger charge is 2.12. The minimum atomic E-state index is -0.142. The summed E-state index contributed by atoms with van der Waals surface area (Å²) in [6.07, 6.45) is 9.56. The van der Waals surface area contributed by atoms with Crippen molar-refractivity contribution in [2.45, 2.75) is 25.3 Å². The molecule has 0 unspecified atom stereocenters. The average Bonchev–Trinajstić information content (AvgIpc) is 2.41. The minimum absolute atomic E-state index is 0.142. The van der Waals surface area contributed by atoms with Crippen LogP contribution in [0.2, 0.25) is 0 Å². The number of aromatic nitrogens is 2. The average molecular weight is 226 g/mol. The molecule has 0 radical (unpaired) electrons. The number of hydrogen-bond acceptors (Lipinski definition) is 2. The summed E-state index contributed by atoms with van der Waals surface area (Å²) in [4.78, 5) is 15.6. The maximum Gasteiger partial charge on any atom is 0.280 e. The first-order valence-electron chi connectivity index (χ1n) is 5.99. The Labute approximate surface area is 99.4 Å². The smallest absolute Gasteiger partial charge is 0.280 e. The molecule has 0 N–H and O–H groups in total. The molecule has 0 amide bonds. The number of hydrogen-bond donors (Lipinski definition) is 0. The molecule has 1 aromatic carbocycles. The van der Waals surface area contributed by atoms with Crippen molar-refractivity contribution in [2.75, 3.05) is 0 Å². The van der Waals surface area contributed by atoms with E-state index in [-0.39, 0.29) is 5.56 Å². The summed E-state index contributed by atoms with van der Waals surface area (Å²) in [5.74, 6) is 0. The molecule has 3 rings (SSSR count). The predicted molar refractivity (Wildman–Crippen MR) is 68.0 cm³/mol. The van der Waals surface area contributed by atoms with Gasteiger partial charge in [-0.05, 0) is 31.4 Å². The highest BCUT2D eigenvalue weighted by Crippen LogP contribution is 2.24. The first-order valence-corrected chi connectivity index (χ1v) is 5.99. The maximum absolute atomic E-state index is 11.7. The first-order chi connectivity index (χ1) is 8.36. The molecule has 1 atom stereocenters. The Bertz CT molecular complexity index is 627. The maximum atomic E-state index is 11.7. The van der Waals surface area contributed by atoms with E-state index < -0.39 is 0 Å². The fourth-order valence-electron chi connectivity index (χ4n) is 2.42. The van der Waals surface area contributed by atoms with Crippen LogP contribution in [0.5, 0.6) is 0 Å². The molecule has 1 aliphatic carbocycles. The van der Waals surface area contributed by atoms with Gasteiger partial charge in [-0.3, -0.25) is 4.79 Å². The summed E-state index contributed by atoms with van der Waals surface area (Å²) in [6.45, 7) is 0. The van der Waals surface area contributed by atoms with Gasteiger partial charge in [0.15, 0.2) is 0 Å². The van der Waals surface area contributed by atoms with Gasteiger partial charge in [-0.1, -0.05) is 24.3 Å². The first kappa shape index (κ1) is 10.3. The van der Waals surface area contributed by atoms with Crippen molar-refractivity contribution in [3.05, 3.63) is 53.1 Å². The van der Waals surface area contributed by atoms with E-state index in [1.54, 1.807) is 6.33 Å². The number of benzene rings is 1. The summed E-state index contributed by atoms with van der Waals surface area (Å²) in [5.41, 5.74) is 0.834. The Morgan fingerprint density at radius 3 is 3.00 bits per heavy atom. The van der Waals surface area contributed by atoms with E-state index in [4.69, 9.17) is 0 Å². The van der Waals surface area contributed by atoms with Gasteiger partial charge in [0, 0.05) is 0 Å².